The van der Waals surface area contributed by atoms with Gasteiger partial charge >= 0.3 is 11.9 Å². The van der Waals surface area contributed by atoms with Crippen molar-refractivity contribution in [3.63, 3.8) is 0 Å². The zero-order chi connectivity index (χ0) is 11.7. The van der Waals surface area contributed by atoms with E-state index in [9.17, 15) is 9.59 Å². The van der Waals surface area contributed by atoms with Crippen molar-refractivity contribution in [2.75, 3.05) is 13.2 Å². The molecule has 5 nitrogen and oxygen atoms in total. The van der Waals surface area contributed by atoms with Gasteiger partial charge in [-0.3, -0.25) is 0 Å². The Hall–Kier alpha value is -2.04. The average Bonchev–Trinajstić information content (AvgIpc) is 2.24. The van der Waals surface area contributed by atoms with Gasteiger partial charge in [0.15, 0.2) is 5.57 Å². The zero-order valence-corrected chi connectivity index (χ0v) is 8.14. The van der Waals surface area contributed by atoms with E-state index in [0.717, 1.165) is 0 Å². The van der Waals surface area contributed by atoms with E-state index in [2.05, 4.69) is 22.6 Å². The van der Waals surface area contributed by atoms with Gasteiger partial charge in [-0.15, -0.1) is 0 Å². The van der Waals surface area contributed by atoms with E-state index in [1.807, 2.05) is 0 Å². The first-order chi connectivity index (χ1) is 7.17. The lowest BCUT2D eigenvalue weighted by atomic mass is 10.3. The number of esters is 2. The van der Waals surface area contributed by atoms with Gasteiger partial charge < -0.3 is 14.6 Å². The minimum atomic E-state index is -0.966. The number of carbonyl (C=O) groups excluding carboxylic acids is 2. The number of ether oxygens (including phenoxy) is 2. The Kier molecular flexibility index (Phi) is 6.37. The van der Waals surface area contributed by atoms with Gasteiger partial charge in [0.2, 0.25) is 0 Å². The summed E-state index contributed by atoms with van der Waals surface area (Å²) in [6.45, 7) is 6.55. The molecule has 0 fully saturated rings. The molecule has 0 aromatic carbocycles. The molecule has 0 aliphatic heterocycles. The molecule has 0 saturated carbocycles. The lowest BCUT2D eigenvalue weighted by Gasteiger charge is -2.04. The van der Waals surface area contributed by atoms with Gasteiger partial charge in [-0.2, -0.15) is 0 Å². The van der Waals surface area contributed by atoms with Crippen molar-refractivity contribution in [2.45, 2.75) is 0 Å². The predicted molar refractivity (Wildman–Crippen MR) is 53.0 cm³/mol. The molecule has 0 spiro atoms. The van der Waals surface area contributed by atoms with Crippen LogP contribution >= 0.6 is 0 Å². The molecule has 0 aromatic rings. The third kappa shape index (κ3) is 4.66. The second-order valence-corrected chi connectivity index (χ2v) is 2.32. The Morgan fingerprint density at radius 1 is 1.07 bits per heavy atom. The summed E-state index contributed by atoms with van der Waals surface area (Å²) in [4.78, 5) is 22.2. The number of aliphatic hydroxyl groups excluding tert-OH is 1. The molecular weight excluding hydrogens is 200 g/mol. The molecule has 0 aliphatic carbocycles. The van der Waals surface area contributed by atoms with Crippen molar-refractivity contribution in [1.29, 1.82) is 0 Å². The van der Waals surface area contributed by atoms with E-state index in [4.69, 9.17) is 5.11 Å². The lowest BCUT2D eigenvalue weighted by Crippen LogP contribution is -2.18. The summed E-state index contributed by atoms with van der Waals surface area (Å²) < 4.78 is 9.07. The Bertz CT molecular complexity index is 264. The molecule has 0 aliphatic rings. The van der Waals surface area contributed by atoms with Crippen molar-refractivity contribution >= 4 is 11.9 Å². The monoisotopic (exact) mass is 212 g/mol. The van der Waals surface area contributed by atoms with Crippen LogP contribution in [0.1, 0.15) is 0 Å². The van der Waals surface area contributed by atoms with Crippen LogP contribution in [-0.4, -0.2) is 30.3 Å². The molecule has 82 valence electrons. The first-order valence-corrected chi connectivity index (χ1v) is 4.07. The summed E-state index contributed by atoms with van der Waals surface area (Å²) in [6.07, 6.45) is 3.01. The highest BCUT2D eigenvalue weighted by Gasteiger charge is 2.21. The molecular formula is C10H12O5. The van der Waals surface area contributed by atoms with Crippen LogP contribution in [0.4, 0.5) is 0 Å². The summed E-state index contributed by atoms with van der Waals surface area (Å²) in [6, 6.07) is 0. The molecule has 0 heterocycles. The fraction of sp³-hybridized carbons (Fsp3) is 0.200. The highest BCUT2D eigenvalue weighted by molar-refractivity contribution is 6.13. The fourth-order valence-electron chi connectivity index (χ4n) is 0.613. The van der Waals surface area contributed by atoms with Crippen molar-refractivity contribution < 1.29 is 24.2 Å². The lowest BCUT2D eigenvalue weighted by molar-refractivity contribution is -0.146. The van der Waals surface area contributed by atoms with Crippen LogP contribution in [0.15, 0.2) is 37.1 Å². The summed E-state index contributed by atoms with van der Waals surface area (Å²) >= 11 is 0. The molecule has 0 amide bonds. The van der Waals surface area contributed by atoms with Crippen LogP contribution < -0.4 is 0 Å². The van der Waals surface area contributed by atoms with Crippen molar-refractivity contribution in [3.8, 4) is 0 Å². The van der Waals surface area contributed by atoms with Crippen LogP contribution in [0.3, 0.4) is 0 Å². The Morgan fingerprint density at radius 3 is 1.73 bits per heavy atom. The van der Waals surface area contributed by atoms with Crippen LogP contribution in [0, 0.1) is 0 Å². The molecule has 0 aromatic heterocycles. The molecule has 1 N–H and O–H groups in total. The maximum absolute atomic E-state index is 11.1. The average molecular weight is 212 g/mol. The van der Waals surface area contributed by atoms with E-state index in [0.29, 0.717) is 6.26 Å². The zero-order valence-electron chi connectivity index (χ0n) is 8.14. The van der Waals surface area contributed by atoms with Crippen LogP contribution in [-0.2, 0) is 19.1 Å². The van der Waals surface area contributed by atoms with Crippen LogP contribution in [0.25, 0.3) is 0 Å². The van der Waals surface area contributed by atoms with E-state index in [-0.39, 0.29) is 13.2 Å². The molecule has 0 unspecified atom stereocenters. The van der Waals surface area contributed by atoms with Gasteiger partial charge in [-0.05, 0) is 0 Å². The van der Waals surface area contributed by atoms with Crippen LogP contribution in [0.2, 0.25) is 0 Å². The number of carbonyl (C=O) groups is 2. The quantitative estimate of drug-likeness (QED) is 0.177. The molecule has 15 heavy (non-hydrogen) atoms. The Labute approximate surface area is 87.3 Å². The van der Waals surface area contributed by atoms with E-state index in [1.54, 1.807) is 0 Å². The van der Waals surface area contributed by atoms with Gasteiger partial charge in [-0.1, -0.05) is 25.3 Å². The maximum Gasteiger partial charge on any atom is 0.349 e. The van der Waals surface area contributed by atoms with Crippen molar-refractivity contribution in [3.05, 3.63) is 37.1 Å². The number of aliphatic hydroxyl groups is 1. The normalized spacial score (nSPS) is 8.53. The predicted octanol–water partition coefficient (Wildman–Crippen LogP) is 0.887. The third-order valence-corrected chi connectivity index (χ3v) is 1.23. The summed E-state index contributed by atoms with van der Waals surface area (Å²) in [5.74, 6) is -1.93. The summed E-state index contributed by atoms with van der Waals surface area (Å²) in [5.41, 5.74) is -0.571. The van der Waals surface area contributed by atoms with Crippen molar-refractivity contribution in [2.24, 2.45) is 0 Å². The highest BCUT2D eigenvalue weighted by Crippen LogP contribution is 2.01. The van der Waals surface area contributed by atoms with Crippen LogP contribution in [0.5, 0.6) is 0 Å². The van der Waals surface area contributed by atoms with Crippen molar-refractivity contribution in [1.82, 2.24) is 0 Å². The highest BCUT2D eigenvalue weighted by atomic mass is 16.6. The standard InChI is InChI=1S/C10H12O5/c1-3-5-14-9(12)8(7-11)10(13)15-6-4-2/h3-4,7,11H,1-2,5-6H2. The first-order valence-electron chi connectivity index (χ1n) is 4.07. The summed E-state index contributed by atoms with van der Waals surface area (Å²) in [7, 11) is 0. The number of rotatable bonds is 6. The Morgan fingerprint density at radius 2 is 1.47 bits per heavy atom. The van der Waals surface area contributed by atoms with Gasteiger partial charge in [0.25, 0.3) is 0 Å². The molecule has 0 atom stereocenters. The van der Waals surface area contributed by atoms with E-state index < -0.39 is 17.5 Å². The summed E-state index contributed by atoms with van der Waals surface area (Å²) in [5, 5.41) is 8.65. The third-order valence-electron chi connectivity index (χ3n) is 1.23. The smallest absolute Gasteiger partial charge is 0.349 e. The Balaban J connectivity index is 4.35. The molecule has 0 radical (unpaired) electrons. The van der Waals surface area contributed by atoms with Gasteiger partial charge in [0, 0.05) is 0 Å². The molecule has 0 saturated heterocycles. The second-order valence-electron chi connectivity index (χ2n) is 2.32. The van der Waals surface area contributed by atoms with E-state index >= 15 is 0 Å². The molecule has 0 rings (SSSR count). The van der Waals surface area contributed by atoms with E-state index in [1.165, 1.54) is 12.2 Å². The first kappa shape index (κ1) is 13.0. The number of hydrogen-bond acceptors (Lipinski definition) is 5. The fourth-order valence-corrected chi connectivity index (χ4v) is 0.613. The largest absolute Gasteiger partial charge is 0.514 e. The molecule has 0 bridgehead atoms. The number of hydrogen-bond donors (Lipinski definition) is 1. The SMILES string of the molecule is C=CCOC(=O)C(=CO)C(=O)OCC=C. The molecule has 5 heteroatoms. The van der Waals surface area contributed by atoms with Gasteiger partial charge in [0.05, 0.1) is 0 Å². The van der Waals surface area contributed by atoms with Gasteiger partial charge in [0.1, 0.15) is 19.5 Å². The second kappa shape index (κ2) is 7.37. The topological polar surface area (TPSA) is 72.8 Å². The van der Waals surface area contributed by atoms with Gasteiger partial charge in [-0.25, -0.2) is 9.59 Å². The minimum absolute atomic E-state index is 0.0507. The minimum Gasteiger partial charge on any atom is -0.514 e. The maximum atomic E-state index is 11.1.